The van der Waals surface area contributed by atoms with Gasteiger partial charge in [-0.25, -0.2) is 8.78 Å². The minimum Gasteiger partial charge on any atom is -0.339 e. The molecule has 0 aliphatic carbocycles. The molecule has 24 heavy (non-hydrogen) atoms. The summed E-state index contributed by atoms with van der Waals surface area (Å²) in [4.78, 5) is 0. The summed E-state index contributed by atoms with van der Waals surface area (Å²) in [5, 5.41) is 7.72. The standard InChI is InChI=1S/C18H16BrF2N3/c1-10-5-4-6-14(19)17(10)22-18-16(11(2)23-24(18)3)13-8-7-12(20)9-15(13)21/h4-9,22H,1-3H3. The van der Waals surface area contributed by atoms with Crippen molar-refractivity contribution in [3.05, 3.63) is 63.8 Å². The Morgan fingerprint density at radius 2 is 1.88 bits per heavy atom. The Hall–Kier alpha value is -2.21. The third kappa shape index (κ3) is 2.94. The molecule has 1 aromatic heterocycles. The number of nitrogens with zero attached hydrogens (tertiary/aromatic N) is 2. The molecule has 3 rings (SSSR count). The molecule has 0 aliphatic heterocycles. The molecule has 0 saturated heterocycles. The van der Waals surface area contributed by atoms with E-state index in [1.807, 2.05) is 25.1 Å². The number of hydrogen-bond acceptors (Lipinski definition) is 2. The van der Waals surface area contributed by atoms with Gasteiger partial charge in [0.05, 0.1) is 16.9 Å². The van der Waals surface area contributed by atoms with E-state index in [1.54, 1.807) is 18.7 Å². The van der Waals surface area contributed by atoms with E-state index >= 15 is 0 Å². The minimum atomic E-state index is -0.613. The fraction of sp³-hybridized carbons (Fsp3) is 0.167. The Morgan fingerprint density at radius 3 is 2.54 bits per heavy atom. The van der Waals surface area contributed by atoms with Crippen LogP contribution < -0.4 is 5.32 Å². The van der Waals surface area contributed by atoms with E-state index in [2.05, 4.69) is 26.3 Å². The predicted octanol–water partition coefficient (Wildman–Crippen LogP) is 5.49. The van der Waals surface area contributed by atoms with E-state index in [9.17, 15) is 8.78 Å². The quantitative estimate of drug-likeness (QED) is 0.639. The van der Waals surface area contributed by atoms with Crippen molar-refractivity contribution >= 4 is 27.4 Å². The molecule has 0 spiro atoms. The molecule has 2 aromatic carbocycles. The molecule has 3 nitrogen and oxygen atoms in total. The highest BCUT2D eigenvalue weighted by atomic mass is 79.9. The van der Waals surface area contributed by atoms with Crippen LogP contribution in [0.2, 0.25) is 0 Å². The van der Waals surface area contributed by atoms with E-state index in [0.717, 1.165) is 21.8 Å². The lowest BCUT2D eigenvalue weighted by atomic mass is 10.0. The molecule has 0 atom stereocenters. The largest absolute Gasteiger partial charge is 0.339 e. The summed E-state index contributed by atoms with van der Waals surface area (Å²) in [6, 6.07) is 9.42. The molecule has 0 radical (unpaired) electrons. The summed E-state index contributed by atoms with van der Waals surface area (Å²) >= 11 is 3.52. The molecular weight excluding hydrogens is 376 g/mol. The van der Waals surface area contributed by atoms with Gasteiger partial charge in [-0.1, -0.05) is 12.1 Å². The van der Waals surface area contributed by atoms with Crippen LogP contribution in [0, 0.1) is 25.5 Å². The fourth-order valence-corrected chi connectivity index (χ4v) is 3.29. The Morgan fingerprint density at radius 1 is 1.12 bits per heavy atom. The van der Waals surface area contributed by atoms with Crippen molar-refractivity contribution in [2.75, 3.05) is 5.32 Å². The molecule has 0 bridgehead atoms. The summed E-state index contributed by atoms with van der Waals surface area (Å²) in [6.45, 7) is 3.78. The van der Waals surface area contributed by atoms with Crippen molar-refractivity contribution in [1.29, 1.82) is 0 Å². The normalized spacial score (nSPS) is 10.9. The highest BCUT2D eigenvalue weighted by molar-refractivity contribution is 9.10. The van der Waals surface area contributed by atoms with Gasteiger partial charge in [-0.15, -0.1) is 0 Å². The number of hydrogen-bond donors (Lipinski definition) is 1. The SMILES string of the molecule is Cc1cccc(Br)c1Nc1c(-c2ccc(F)cc2F)c(C)nn1C. The number of nitrogens with one attached hydrogen (secondary N) is 1. The molecule has 3 aromatic rings. The molecule has 0 unspecified atom stereocenters. The van der Waals surface area contributed by atoms with Crippen LogP contribution >= 0.6 is 15.9 Å². The van der Waals surface area contributed by atoms with Gasteiger partial charge in [0.2, 0.25) is 0 Å². The van der Waals surface area contributed by atoms with Gasteiger partial charge in [-0.3, -0.25) is 4.68 Å². The smallest absolute Gasteiger partial charge is 0.136 e. The molecule has 1 N–H and O–H groups in total. The van der Waals surface area contributed by atoms with Gasteiger partial charge < -0.3 is 5.32 Å². The van der Waals surface area contributed by atoms with Crippen LogP contribution in [-0.4, -0.2) is 9.78 Å². The first-order chi connectivity index (χ1) is 11.4. The number of benzene rings is 2. The lowest BCUT2D eigenvalue weighted by Crippen LogP contribution is -2.02. The highest BCUT2D eigenvalue weighted by Gasteiger charge is 2.20. The van der Waals surface area contributed by atoms with Gasteiger partial charge in [0.1, 0.15) is 17.5 Å². The van der Waals surface area contributed by atoms with E-state index < -0.39 is 11.6 Å². The van der Waals surface area contributed by atoms with Crippen LogP contribution in [-0.2, 0) is 7.05 Å². The summed E-state index contributed by atoms with van der Waals surface area (Å²) in [7, 11) is 1.78. The van der Waals surface area contributed by atoms with Crippen LogP contribution in [0.1, 0.15) is 11.3 Å². The zero-order valence-electron chi connectivity index (χ0n) is 13.5. The van der Waals surface area contributed by atoms with Gasteiger partial charge in [0.25, 0.3) is 0 Å². The second-order valence-electron chi connectivity index (χ2n) is 5.61. The number of para-hydroxylation sites is 1. The van der Waals surface area contributed by atoms with Gasteiger partial charge >= 0.3 is 0 Å². The summed E-state index contributed by atoms with van der Waals surface area (Å²) in [6.07, 6.45) is 0. The molecule has 0 amide bonds. The van der Waals surface area contributed by atoms with Crippen molar-refractivity contribution in [2.24, 2.45) is 7.05 Å². The maximum absolute atomic E-state index is 14.3. The van der Waals surface area contributed by atoms with Crippen molar-refractivity contribution in [3.63, 3.8) is 0 Å². The topological polar surface area (TPSA) is 29.9 Å². The van der Waals surface area contributed by atoms with Crippen molar-refractivity contribution in [3.8, 4) is 11.1 Å². The summed E-state index contributed by atoms with van der Waals surface area (Å²) in [5.41, 5.74) is 3.51. The van der Waals surface area contributed by atoms with E-state index in [1.165, 1.54) is 12.1 Å². The third-order valence-corrected chi connectivity index (χ3v) is 4.55. The molecule has 0 aliphatic rings. The van der Waals surface area contributed by atoms with E-state index in [4.69, 9.17) is 0 Å². The first-order valence-electron chi connectivity index (χ1n) is 7.39. The second-order valence-corrected chi connectivity index (χ2v) is 6.47. The lowest BCUT2D eigenvalue weighted by Gasteiger charge is -2.14. The van der Waals surface area contributed by atoms with Crippen molar-refractivity contribution < 1.29 is 8.78 Å². The first-order valence-corrected chi connectivity index (χ1v) is 8.19. The van der Waals surface area contributed by atoms with Crippen LogP contribution in [0.15, 0.2) is 40.9 Å². The van der Waals surface area contributed by atoms with Crippen molar-refractivity contribution in [2.45, 2.75) is 13.8 Å². The predicted molar refractivity (Wildman–Crippen MR) is 95.5 cm³/mol. The fourth-order valence-electron chi connectivity index (χ4n) is 2.72. The summed E-state index contributed by atoms with van der Waals surface area (Å²) in [5.74, 6) is -0.569. The van der Waals surface area contributed by atoms with E-state index in [-0.39, 0.29) is 0 Å². The van der Waals surface area contributed by atoms with Gasteiger partial charge in [0.15, 0.2) is 0 Å². The average Bonchev–Trinajstić information content (AvgIpc) is 2.77. The minimum absolute atomic E-state index is 0.314. The van der Waals surface area contributed by atoms with Gasteiger partial charge in [-0.05, 0) is 53.5 Å². The molecular formula is C18H16BrF2N3. The lowest BCUT2D eigenvalue weighted by molar-refractivity contribution is 0.585. The zero-order valence-corrected chi connectivity index (χ0v) is 15.1. The molecule has 0 saturated carbocycles. The highest BCUT2D eigenvalue weighted by Crippen LogP contribution is 2.37. The van der Waals surface area contributed by atoms with E-state index in [0.29, 0.717) is 22.6 Å². The monoisotopic (exact) mass is 391 g/mol. The Kier molecular flexibility index (Phi) is 4.41. The maximum atomic E-state index is 14.3. The van der Waals surface area contributed by atoms with Crippen LogP contribution in [0.4, 0.5) is 20.3 Å². The molecule has 0 fully saturated rings. The number of rotatable bonds is 3. The average molecular weight is 392 g/mol. The van der Waals surface area contributed by atoms with Gasteiger partial charge in [0, 0.05) is 23.2 Å². The Bertz CT molecular complexity index is 899. The molecule has 6 heteroatoms. The Labute approximate surface area is 147 Å². The third-order valence-electron chi connectivity index (χ3n) is 3.89. The second kappa shape index (κ2) is 6.36. The molecule has 1 heterocycles. The number of anilines is 2. The first kappa shape index (κ1) is 16.6. The van der Waals surface area contributed by atoms with Gasteiger partial charge in [-0.2, -0.15) is 5.10 Å². The van der Waals surface area contributed by atoms with Crippen LogP contribution in [0.5, 0.6) is 0 Å². The maximum Gasteiger partial charge on any atom is 0.136 e. The molecule has 124 valence electrons. The summed E-state index contributed by atoms with van der Waals surface area (Å²) < 4.78 is 30.1. The van der Waals surface area contributed by atoms with Crippen LogP contribution in [0.25, 0.3) is 11.1 Å². The number of aromatic nitrogens is 2. The number of aryl methyl sites for hydroxylation is 3. The Balaban J connectivity index is 2.16. The van der Waals surface area contributed by atoms with Crippen LogP contribution in [0.3, 0.4) is 0 Å². The van der Waals surface area contributed by atoms with Crippen molar-refractivity contribution in [1.82, 2.24) is 9.78 Å². The zero-order chi connectivity index (χ0) is 17.4. The number of halogens is 3.